The number of hydrogen-bond donors (Lipinski definition) is 2. The molecular weight excluding hydrogens is 176 g/mol. The summed E-state index contributed by atoms with van der Waals surface area (Å²) in [6.07, 6.45) is 2.18. The molecule has 1 aromatic carbocycles. The fourth-order valence-corrected chi connectivity index (χ4v) is 1.77. The van der Waals surface area contributed by atoms with E-state index in [1.807, 2.05) is 18.2 Å². The summed E-state index contributed by atoms with van der Waals surface area (Å²) >= 11 is 0. The van der Waals surface area contributed by atoms with E-state index in [0.29, 0.717) is 0 Å². The third-order valence-electron chi connectivity index (χ3n) is 2.55. The van der Waals surface area contributed by atoms with E-state index < -0.39 is 0 Å². The van der Waals surface area contributed by atoms with Gasteiger partial charge in [0.15, 0.2) is 5.78 Å². The Morgan fingerprint density at radius 3 is 3.14 bits per heavy atom. The molecule has 1 aromatic rings. The summed E-state index contributed by atoms with van der Waals surface area (Å²) in [6, 6.07) is 5.76. The lowest BCUT2D eigenvalue weighted by Gasteiger charge is -2.18. The fraction of sp³-hybridized carbons (Fsp3) is 0.364. The van der Waals surface area contributed by atoms with Crippen molar-refractivity contribution in [2.45, 2.75) is 12.8 Å². The number of carbonyl (C=O) groups is 1. The lowest BCUT2D eigenvalue weighted by atomic mass is 9.99. The minimum absolute atomic E-state index is 0.0124. The number of ketones is 1. The number of nitrogens with one attached hydrogen (secondary N) is 1. The summed E-state index contributed by atoms with van der Waals surface area (Å²) in [6.45, 7) is 1.11. The quantitative estimate of drug-likeness (QED) is 0.689. The highest BCUT2D eigenvalue weighted by molar-refractivity contribution is 5.98. The molecule has 1 aliphatic heterocycles. The largest absolute Gasteiger partial charge is 0.385 e. The normalized spacial score (nSPS) is 14.4. The number of aryl methyl sites for hydroxylation is 1. The first-order valence-electron chi connectivity index (χ1n) is 4.91. The Balaban J connectivity index is 2.33. The number of fused-ring (bicyclic) bond motifs is 1. The molecule has 0 saturated carbocycles. The maximum atomic E-state index is 11.4. The molecule has 74 valence electrons. The van der Waals surface area contributed by atoms with Crippen molar-refractivity contribution in [2.75, 3.05) is 18.4 Å². The summed E-state index contributed by atoms with van der Waals surface area (Å²) in [5.74, 6) is 0.0124. The molecule has 0 saturated heterocycles. The SMILES string of the molecule is NCC(=O)c1ccc2c(c1)CCCN2. The Labute approximate surface area is 83.3 Å². The highest BCUT2D eigenvalue weighted by Gasteiger charge is 2.11. The molecule has 3 N–H and O–H groups in total. The van der Waals surface area contributed by atoms with Crippen LogP contribution in [0.15, 0.2) is 18.2 Å². The van der Waals surface area contributed by atoms with E-state index >= 15 is 0 Å². The molecule has 0 atom stereocenters. The van der Waals surface area contributed by atoms with Crippen LogP contribution in [-0.4, -0.2) is 18.9 Å². The number of anilines is 1. The molecule has 14 heavy (non-hydrogen) atoms. The second kappa shape index (κ2) is 3.80. The number of nitrogens with two attached hydrogens (primary N) is 1. The van der Waals surface area contributed by atoms with Crippen LogP contribution in [0, 0.1) is 0 Å². The van der Waals surface area contributed by atoms with Crippen molar-refractivity contribution in [3.05, 3.63) is 29.3 Å². The van der Waals surface area contributed by atoms with Crippen LogP contribution >= 0.6 is 0 Å². The summed E-state index contributed by atoms with van der Waals surface area (Å²) in [5.41, 5.74) is 8.44. The van der Waals surface area contributed by atoms with Crippen LogP contribution in [0.4, 0.5) is 5.69 Å². The molecule has 0 aromatic heterocycles. The number of Topliss-reactive ketones (excluding diaryl/α,β-unsaturated/α-hetero) is 1. The minimum atomic E-state index is 0.0124. The highest BCUT2D eigenvalue weighted by atomic mass is 16.1. The summed E-state index contributed by atoms with van der Waals surface area (Å²) in [5, 5.41) is 3.30. The summed E-state index contributed by atoms with van der Waals surface area (Å²) < 4.78 is 0. The molecule has 0 unspecified atom stereocenters. The van der Waals surface area contributed by atoms with Crippen molar-refractivity contribution in [3.63, 3.8) is 0 Å². The van der Waals surface area contributed by atoms with E-state index in [2.05, 4.69) is 5.32 Å². The molecule has 1 heterocycles. The maximum absolute atomic E-state index is 11.4. The van der Waals surface area contributed by atoms with Gasteiger partial charge in [-0.2, -0.15) is 0 Å². The number of carbonyl (C=O) groups excluding carboxylic acids is 1. The van der Waals surface area contributed by atoms with Crippen LogP contribution in [0.25, 0.3) is 0 Å². The average Bonchev–Trinajstić information content (AvgIpc) is 2.27. The Hall–Kier alpha value is -1.35. The Morgan fingerprint density at radius 1 is 1.50 bits per heavy atom. The lowest BCUT2D eigenvalue weighted by molar-refractivity contribution is 0.100. The predicted molar refractivity (Wildman–Crippen MR) is 56.6 cm³/mol. The first-order valence-corrected chi connectivity index (χ1v) is 4.91. The van der Waals surface area contributed by atoms with Gasteiger partial charge < -0.3 is 11.1 Å². The third kappa shape index (κ3) is 1.63. The zero-order valence-corrected chi connectivity index (χ0v) is 8.05. The minimum Gasteiger partial charge on any atom is -0.385 e. The van der Waals surface area contributed by atoms with Gasteiger partial charge in [0, 0.05) is 17.8 Å². The van der Waals surface area contributed by atoms with Crippen LogP contribution in [0.1, 0.15) is 22.3 Å². The third-order valence-corrected chi connectivity index (χ3v) is 2.55. The smallest absolute Gasteiger partial charge is 0.176 e. The monoisotopic (exact) mass is 190 g/mol. The van der Waals surface area contributed by atoms with Gasteiger partial charge in [0.1, 0.15) is 0 Å². The van der Waals surface area contributed by atoms with Crippen molar-refractivity contribution in [3.8, 4) is 0 Å². The Morgan fingerprint density at radius 2 is 2.36 bits per heavy atom. The zero-order valence-electron chi connectivity index (χ0n) is 8.05. The Kier molecular flexibility index (Phi) is 2.50. The van der Waals surface area contributed by atoms with E-state index in [1.165, 1.54) is 5.56 Å². The molecule has 0 radical (unpaired) electrons. The van der Waals surface area contributed by atoms with Crippen LogP contribution in [-0.2, 0) is 6.42 Å². The van der Waals surface area contributed by atoms with Crippen LogP contribution in [0.2, 0.25) is 0 Å². The van der Waals surface area contributed by atoms with Crippen molar-refractivity contribution < 1.29 is 4.79 Å². The predicted octanol–water partition coefficient (Wildman–Crippen LogP) is 1.19. The molecule has 3 nitrogen and oxygen atoms in total. The first kappa shape index (κ1) is 9.21. The van der Waals surface area contributed by atoms with Crippen molar-refractivity contribution >= 4 is 11.5 Å². The molecular formula is C11H14N2O. The van der Waals surface area contributed by atoms with Gasteiger partial charge in [-0.1, -0.05) is 0 Å². The second-order valence-corrected chi connectivity index (χ2v) is 3.53. The molecule has 0 amide bonds. The molecule has 0 bridgehead atoms. The Bertz CT molecular complexity index is 360. The van der Waals surface area contributed by atoms with Gasteiger partial charge >= 0.3 is 0 Å². The lowest BCUT2D eigenvalue weighted by Crippen LogP contribution is -2.16. The highest BCUT2D eigenvalue weighted by Crippen LogP contribution is 2.22. The zero-order chi connectivity index (χ0) is 9.97. The molecule has 0 aliphatic carbocycles. The number of rotatable bonds is 2. The van der Waals surface area contributed by atoms with E-state index in [-0.39, 0.29) is 12.3 Å². The molecule has 3 heteroatoms. The van der Waals surface area contributed by atoms with Crippen molar-refractivity contribution in [2.24, 2.45) is 5.73 Å². The second-order valence-electron chi connectivity index (χ2n) is 3.53. The van der Waals surface area contributed by atoms with Gasteiger partial charge in [0.05, 0.1) is 6.54 Å². The fourth-order valence-electron chi connectivity index (χ4n) is 1.77. The maximum Gasteiger partial charge on any atom is 0.176 e. The average molecular weight is 190 g/mol. The van der Waals surface area contributed by atoms with Crippen molar-refractivity contribution in [1.29, 1.82) is 0 Å². The van der Waals surface area contributed by atoms with Crippen LogP contribution in [0.3, 0.4) is 0 Å². The van der Waals surface area contributed by atoms with E-state index in [0.717, 1.165) is 30.6 Å². The van der Waals surface area contributed by atoms with Crippen molar-refractivity contribution in [1.82, 2.24) is 0 Å². The molecule has 0 fully saturated rings. The van der Waals surface area contributed by atoms with Gasteiger partial charge in [-0.05, 0) is 36.6 Å². The molecule has 1 aliphatic rings. The van der Waals surface area contributed by atoms with Gasteiger partial charge in [-0.25, -0.2) is 0 Å². The van der Waals surface area contributed by atoms with Gasteiger partial charge in [-0.15, -0.1) is 0 Å². The van der Waals surface area contributed by atoms with Gasteiger partial charge in [-0.3, -0.25) is 4.79 Å². The van der Waals surface area contributed by atoms with Gasteiger partial charge in [0.25, 0.3) is 0 Å². The topological polar surface area (TPSA) is 55.1 Å². The van der Waals surface area contributed by atoms with Crippen LogP contribution < -0.4 is 11.1 Å². The van der Waals surface area contributed by atoms with Gasteiger partial charge in [0.2, 0.25) is 0 Å². The number of benzene rings is 1. The number of hydrogen-bond acceptors (Lipinski definition) is 3. The molecule has 0 spiro atoms. The summed E-state index contributed by atoms with van der Waals surface area (Å²) in [7, 11) is 0. The molecule has 2 rings (SSSR count). The standard InChI is InChI=1S/C11H14N2O/c12-7-11(14)9-3-4-10-8(6-9)2-1-5-13-10/h3-4,6,13H,1-2,5,7,12H2. The summed E-state index contributed by atoms with van der Waals surface area (Å²) in [4.78, 5) is 11.4. The van der Waals surface area contributed by atoms with E-state index in [4.69, 9.17) is 5.73 Å². The first-order chi connectivity index (χ1) is 6.81. The van der Waals surface area contributed by atoms with E-state index in [9.17, 15) is 4.79 Å². The van der Waals surface area contributed by atoms with E-state index in [1.54, 1.807) is 0 Å². The van der Waals surface area contributed by atoms with Crippen LogP contribution in [0.5, 0.6) is 0 Å².